The number of methoxy groups -OCH3 is 1. The Hall–Kier alpha value is -2.05. The van der Waals surface area contributed by atoms with Crippen LogP contribution in [0.25, 0.3) is 0 Å². The molecule has 0 radical (unpaired) electrons. The zero-order chi connectivity index (χ0) is 22.1. The van der Waals surface area contributed by atoms with Crippen molar-refractivity contribution in [3.05, 3.63) is 48.0 Å². The highest BCUT2D eigenvalue weighted by Gasteiger charge is 2.16. The molecular formula is C21H31IN4O4S. The number of nitrogens with zero attached hydrogens (tertiary/aromatic N) is 2. The summed E-state index contributed by atoms with van der Waals surface area (Å²) in [6, 6.07) is 12.3. The smallest absolute Gasteiger partial charge is 0.242 e. The second-order valence-corrected chi connectivity index (χ2v) is 8.70. The van der Waals surface area contributed by atoms with Gasteiger partial charge >= 0.3 is 0 Å². The summed E-state index contributed by atoms with van der Waals surface area (Å²) in [5.41, 5.74) is 1.71. The Morgan fingerprint density at radius 3 is 2.29 bits per heavy atom. The second kappa shape index (κ2) is 12.7. The molecule has 10 heteroatoms. The van der Waals surface area contributed by atoms with Crippen LogP contribution in [0.1, 0.15) is 19.4 Å². The molecule has 0 amide bonds. The summed E-state index contributed by atoms with van der Waals surface area (Å²) < 4.78 is 36.5. The van der Waals surface area contributed by atoms with Gasteiger partial charge in [0, 0.05) is 32.4 Å². The molecule has 8 nitrogen and oxygen atoms in total. The van der Waals surface area contributed by atoms with Crippen molar-refractivity contribution in [3.63, 3.8) is 0 Å². The largest absolute Gasteiger partial charge is 0.493 e. The number of nitrogens with one attached hydrogen (secondary N) is 2. The number of anilines is 1. The number of sulfonamides is 1. The van der Waals surface area contributed by atoms with Gasteiger partial charge in [0.05, 0.1) is 25.2 Å². The first-order valence-corrected chi connectivity index (χ1v) is 11.1. The third kappa shape index (κ3) is 7.54. The lowest BCUT2D eigenvalue weighted by molar-refractivity contribution is 0.311. The summed E-state index contributed by atoms with van der Waals surface area (Å²) in [4.78, 5) is 4.84. The molecule has 0 atom stereocenters. The summed E-state index contributed by atoms with van der Waals surface area (Å²) in [7, 11) is 1.18. The molecule has 2 aromatic carbocycles. The van der Waals surface area contributed by atoms with Gasteiger partial charge in [-0.25, -0.2) is 17.7 Å². The fraction of sp³-hybridized carbons (Fsp3) is 0.381. The first-order valence-electron chi connectivity index (χ1n) is 9.69. The van der Waals surface area contributed by atoms with Crippen molar-refractivity contribution in [3.8, 4) is 11.5 Å². The SMILES string of the molecule is CCNC(=NCc1ccc(S(=O)(=O)N(C)C)cc1)Nc1ccc(OCC)c(OC)c1.I. The summed E-state index contributed by atoms with van der Waals surface area (Å²) in [5, 5.41) is 6.44. The van der Waals surface area contributed by atoms with E-state index in [1.807, 2.05) is 32.0 Å². The lowest BCUT2D eigenvalue weighted by atomic mass is 10.2. The fourth-order valence-corrected chi connectivity index (χ4v) is 3.51. The molecule has 0 heterocycles. The van der Waals surface area contributed by atoms with Gasteiger partial charge < -0.3 is 20.1 Å². The predicted molar refractivity (Wildman–Crippen MR) is 135 cm³/mol. The lowest BCUT2D eigenvalue weighted by Gasteiger charge is -2.14. The van der Waals surface area contributed by atoms with Crippen LogP contribution in [0.15, 0.2) is 52.4 Å². The average molecular weight is 562 g/mol. The lowest BCUT2D eigenvalue weighted by Crippen LogP contribution is -2.30. The number of ether oxygens (including phenoxy) is 2. The Morgan fingerprint density at radius 1 is 1.06 bits per heavy atom. The average Bonchev–Trinajstić information content (AvgIpc) is 2.73. The zero-order valence-corrected chi connectivity index (χ0v) is 21.7. The molecule has 0 saturated carbocycles. The number of hydrogen-bond donors (Lipinski definition) is 2. The van der Waals surface area contributed by atoms with Crippen LogP contribution in [0.4, 0.5) is 5.69 Å². The Kier molecular flexibility index (Phi) is 11.1. The number of halogens is 1. The van der Waals surface area contributed by atoms with Crippen LogP contribution in [0.2, 0.25) is 0 Å². The summed E-state index contributed by atoms with van der Waals surface area (Å²) in [6.07, 6.45) is 0. The fourth-order valence-electron chi connectivity index (χ4n) is 2.61. The van der Waals surface area contributed by atoms with Gasteiger partial charge in [-0.3, -0.25) is 0 Å². The Bertz CT molecular complexity index is 964. The molecule has 0 fully saturated rings. The quantitative estimate of drug-likeness (QED) is 0.276. The highest BCUT2D eigenvalue weighted by atomic mass is 127. The first-order chi connectivity index (χ1) is 14.3. The Morgan fingerprint density at radius 2 is 1.74 bits per heavy atom. The Balaban J connectivity index is 0.00000480. The van der Waals surface area contributed by atoms with Crippen LogP contribution in [-0.4, -0.2) is 53.0 Å². The first kappa shape index (κ1) is 27.0. The molecule has 0 spiro atoms. The Labute approximate surface area is 202 Å². The van der Waals surface area contributed by atoms with E-state index in [0.29, 0.717) is 37.2 Å². The van der Waals surface area contributed by atoms with Crippen LogP contribution >= 0.6 is 24.0 Å². The maximum absolute atomic E-state index is 12.2. The number of guanidine groups is 1. The molecule has 2 N–H and O–H groups in total. The van der Waals surface area contributed by atoms with Gasteiger partial charge in [-0.15, -0.1) is 24.0 Å². The minimum absolute atomic E-state index is 0. The molecule has 0 aliphatic carbocycles. The molecule has 0 unspecified atom stereocenters. The number of rotatable bonds is 9. The predicted octanol–water partition coefficient (Wildman–Crippen LogP) is 3.54. The summed E-state index contributed by atoms with van der Waals surface area (Å²) in [6.45, 7) is 5.55. The topological polar surface area (TPSA) is 92.3 Å². The number of benzene rings is 2. The number of aliphatic imine (C=N–C) groups is 1. The van der Waals surface area contributed by atoms with Crippen LogP contribution in [0, 0.1) is 0 Å². The van der Waals surface area contributed by atoms with E-state index < -0.39 is 10.0 Å². The normalized spacial score (nSPS) is 11.6. The van der Waals surface area contributed by atoms with Crippen molar-refractivity contribution in [1.82, 2.24) is 9.62 Å². The minimum Gasteiger partial charge on any atom is -0.493 e. The standard InChI is InChI=1S/C21H30N4O4S.HI/c1-6-22-21(24-17-10-13-19(29-7-2)20(14-17)28-5)23-15-16-8-11-18(12-9-16)30(26,27)25(3)4;/h8-14H,6-7,15H2,1-5H3,(H2,22,23,24);1H. The van der Waals surface area contributed by atoms with Crippen LogP contribution < -0.4 is 20.1 Å². The van der Waals surface area contributed by atoms with Crippen molar-refractivity contribution in [2.75, 3.05) is 39.7 Å². The van der Waals surface area contributed by atoms with Crippen LogP contribution in [0.3, 0.4) is 0 Å². The van der Waals surface area contributed by atoms with E-state index >= 15 is 0 Å². The summed E-state index contributed by atoms with van der Waals surface area (Å²) >= 11 is 0. The van der Waals surface area contributed by atoms with E-state index in [9.17, 15) is 8.42 Å². The van der Waals surface area contributed by atoms with Gasteiger partial charge in [0.2, 0.25) is 10.0 Å². The van der Waals surface area contributed by atoms with Gasteiger partial charge in [-0.05, 0) is 43.7 Å². The van der Waals surface area contributed by atoms with E-state index in [2.05, 4.69) is 15.6 Å². The molecule has 31 heavy (non-hydrogen) atoms. The minimum atomic E-state index is -3.44. The third-order valence-electron chi connectivity index (χ3n) is 4.19. The zero-order valence-electron chi connectivity index (χ0n) is 18.5. The van der Waals surface area contributed by atoms with Crippen LogP contribution in [-0.2, 0) is 16.6 Å². The molecular weight excluding hydrogens is 531 g/mol. The molecule has 0 saturated heterocycles. The van der Waals surface area contributed by atoms with E-state index in [0.717, 1.165) is 11.3 Å². The van der Waals surface area contributed by atoms with Crippen molar-refractivity contribution >= 4 is 45.6 Å². The summed E-state index contributed by atoms with van der Waals surface area (Å²) in [5.74, 6) is 1.92. The van der Waals surface area contributed by atoms with Gasteiger partial charge in [0.15, 0.2) is 17.5 Å². The molecule has 0 bridgehead atoms. The highest BCUT2D eigenvalue weighted by molar-refractivity contribution is 14.0. The van der Waals surface area contributed by atoms with Gasteiger partial charge in [0.25, 0.3) is 0 Å². The molecule has 172 valence electrons. The molecule has 0 aliphatic rings. The van der Waals surface area contributed by atoms with Crippen molar-refractivity contribution in [2.24, 2.45) is 4.99 Å². The van der Waals surface area contributed by atoms with Crippen molar-refractivity contribution < 1.29 is 17.9 Å². The maximum Gasteiger partial charge on any atom is 0.242 e. The van der Waals surface area contributed by atoms with Gasteiger partial charge in [-0.1, -0.05) is 12.1 Å². The monoisotopic (exact) mass is 562 g/mol. The van der Waals surface area contributed by atoms with Gasteiger partial charge in [0.1, 0.15) is 0 Å². The van der Waals surface area contributed by atoms with Gasteiger partial charge in [-0.2, -0.15) is 0 Å². The van der Waals surface area contributed by atoms with Crippen molar-refractivity contribution in [2.45, 2.75) is 25.3 Å². The molecule has 2 aromatic rings. The second-order valence-electron chi connectivity index (χ2n) is 6.55. The van der Waals surface area contributed by atoms with E-state index in [1.54, 1.807) is 31.4 Å². The van der Waals surface area contributed by atoms with E-state index in [-0.39, 0.29) is 28.9 Å². The molecule has 0 aliphatic heterocycles. The van der Waals surface area contributed by atoms with E-state index in [4.69, 9.17) is 9.47 Å². The molecule has 0 aromatic heterocycles. The van der Waals surface area contributed by atoms with E-state index in [1.165, 1.54) is 18.4 Å². The molecule has 2 rings (SSSR count). The maximum atomic E-state index is 12.2. The van der Waals surface area contributed by atoms with Crippen molar-refractivity contribution in [1.29, 1.82) is 0 Å². The van der Waals surface area contributed by atoms with Crippen LogP contribution in [0.5, 0.6) is 11.5 Å². The number of hydrogen-bond acceptors (Lipinski definition) is 5. The third-order valence-corrected chi connectivity index (χ3v) is 6.02. The highest BCUT2D eigenvalue weighted by Crippen LogP contribution is 2.30.